The van der Waals surface area contributed by atoms with Crippen LogP contribution in [0, 0.1) is 23.5 Å². The van der Waals surface area contributed by atoms with E-state index in [-0.39, 0.29) is 17.6 Å². The van der Waals surface area contributed by atoms with Gasteiger partial charge in [0, 0.05) is 5.92 Å². The van der Waals surface area contributed by atoms with E-state index in [1.807, 2.05) is 30.3 Å². The van der Waals surface area contributed by atoms with Gasteiger partial charge in [0.2, 0.25) is 0 Å². The highest BCUT2D eigenvalue weighted by Gasteiger charge is 2.29. The Bertz CT molecular complexity index is 889. The molecule has 30 heavy (non-hydrogen) atoms. The number of benzene rings is 3. The van der Waals surface area contributed by atoms with Crippen LogP contribution in [0.5, 0.6) is 0 Å². The SMILES string of the molecule is Fc1ccc(C(c2ccc(F)cc2)C2CCC(CC=Cc3ccccc3)CC2)cc1. The summed E-state index contributed by atoms with van der Waals surface area (Å²) in [6, 6.07) is 24.1. The van der Waals surface area contributed by atoms with Crippen molar-refractivity contribution in [1.82, 2.24) is 0 Å². The second kappa shape index (κ2) is 9.84. The molecule has 1 saturated carbocycles. The lowest BCUT2D eigenvalue weighted by Gasteiger charge is -2.34. The highest BCUT2D eigenvalue weighted by Crippen LogP contribution is 2.42. The summed E-state index contributed by atoms with van der Waals surface area (Å²) in [5.41, 5.74) is 3.49. The van der Waals surface area contributed by atoms with Crippen LogP contribution in [-0.4, -0.2) is 0 Å². The van der Waals surface area contributed by atoms with Gasteiger partial charge in [0.15, 0.2) is 0 Å². The Morgan fingerprint density at radius 2 is 1.23 bits per heavy atom. The van der Waals surface area contributed by atoms with Gasteiger partial charge in [-0.15, -0.1) is 0 Å². The average molecular weight is 403 g/mol. The second-order valence-corrected chi connectivity index (χ2v) is 8.41. The van der Waals surface area contributed by atoms with Gasteiger partial charge in [0.25, 0.3) is 0 Å². The van der Waals surface area contributed by atoms with Gasteiger partial charge in [-0.2, -0.15) is 0 Å². The third kappa shape index (κ3) is 5.24. The Kier molecular flexibility index (Phi) is 6.74. The third-order valence-electron chi connectivity index (χ3n) is 6.40. The van der Waals surface area contributed by atoms with Crippen molar-refractivity contribution in [2.45, 2.75) is 38.0 Å². The van der Waals surface area contributed by atoms with Crippen molar-refractivity contribution in [2.24, 2.45) is 11.8 Å². The van der Waals surface area contributed by atoms with E-state index in [4.69, 9.17) is 0 Å². The molecule has 0 saturated heterocycles. The lowest BCUT2D eigenvalue weighted by Crippen LogP contribution is -2.21. The summed E-state index contributed by atoms with van der Waals surface area (Å²) >= 11 is 0. The highest BCUT2D eigenvalue weighted by atomic mass is 19.1. The van der Waals surface area contributed by atoms with E-state index >= 15 is 0 Å². The molecule has 0 spiro atoms. The van der Waals surface area contributed by atoms with Gasteiger partial charge in [-0.1, -0.05) is 66.7 Å². The van der Waals surface area contributed by atoms with Crippen molar-refractivity contribution >= 4 is 6.08 Å². The topological polar surface area (TPSA) is 0 Å². The summed E-state index contributed by atoms with van der Waals surface area (Å²) in [4.78, 5) is 0. The molecule has 3 aromatic rings. The van der Waals surface area contributed by atoms with Crippen LogP contribution in [0.3, 0.4) is 0 Å². The highest BCUT2D eigenvalue weighted by molar-refractivity contribution is 5.48. The largest absolute Gasteiger partial charge is 0.207 e. The monoisotopic (exact) mass is 402 g/mol. The smallest absolute Gasteiger partial charge is 0.123 e. The van der Waals surface area contributed by atoms with Gasteiger partial charge in [0.05, 0.1) is 0 Å². The summed E-state index contributed by atoms with van der Waals surface area (Å²) < 4.78 is 27.0. The lowest BCUT2D eigenvalue weighted by atomic mass is 9.70. The zero-order valence-electron chi connectivity index (χ0n) is 17.2. The number of allylic oxidation sites excluding steroid dienone is 1. The van der Waals surface area contributed by atoms with Gasteiger partial charge in [-0.3, -0.25) is 0 Å². The van der Waals surface area contributed by atoms with Gasteiger partial charge in [0.1, 0.15) is 11.6 Å². The molecule has 0 heterocycles. The summed E-state index contributed by atoms with van der Waals surface area (Å²) in [6.07, 6.45) is 10.3. The Balaban J connectivity index is 1.43. The zero-order valence-corrected chi connectivity index (χ0v) is 17.2. The van der Waals surface area contributed by atoms with Crippen molar-refractivity contribution in [3.63, 3.8) is 0 Å². The molecule has 154 valence electrons. The molecule has 1 aliphatic rings. The fourth-order valence-electron chi connectivity index (χ4n) is 4.80. The van der Waals surface area contributed by atoms with Gasteiger partial charge < -0.3 is 0 Å². The maximum atomic E-state index is 13.5. The number of hydrogen-bond acceptors (Lipinski definition) is 0. The minimum atomic E-state index is -0.217. The summed E-state index contributed by atoms with van der Waals surface area (Å²) in [7, 11) is 0. The van der Waals surface area contributed by atoms with Crippen LogP contribution in [0.2, 0.25) is 0 Å². The normalized spacial score (nSPS) is 19.4. The molecule has 4 rings (SSSR count). The number of rotatable bonds is 6. The molecule has 0 amide bonds. The molecule has 1 aliphatic carbocycles. The Hall–Kier alpha value is -2.74. The average Bonchev–Trinajstić information content (AvgIpc) is 2.78. The van der Waals surface area contributed by atoms with Crippen LogP contribution in [0.15, 0.2) is 84.9 Å². The Labute approximate surface area is 178 Å². The van der Waals surface area contributed by atoms with Crippen molar-refractivity contribution in [3.8, 4) is 0 Å². The summed E-state index contributed by atoms with van der Waals surface area (Å²) in [5.74, 6) is 0.960. The minimum Gasteiger partial charge on any atom is -0.207 e. The lowest BCUT2D eigenvalue weighted by molar-refractivity contribution is 0.257. The van der Waals surface area contributed by atoms with Crippen LogP contribution in [0.4, 0.5) is 8.78 Å². The van der Waals surface area contributed by atoms with Gasteiger partial charge >= 0.3 is 0 Å². The van der Waals surface area contributed by atoms with E-state index < -0.39 is 0 Å². The van der Waals surface area contributed by atoms with Crippen LogP contribution >= 0.6 is 0 Å². The molecule has 0 nitrogen and oxygen atoms in total. The van der Waals surface area contributed by atoms with Crippen LogP contribution in [-0.2, 0) is 0 Å². The van der Waals surface area contributed by atoms with Crippen LogP contribution in [0.1, 0.15) is 54.7 Å². The fourth-order valence-corrected chi connectivity index (χ4v) is 4.80. The quantitative estimate of drug-likeness (QED) is 0.392. The summed E-state index contributed by atoms with van der Waals surface area (Å²) in [5, 5.41) is 0. The first-order valence-electron chi connectivity index (χ1n) is 10.9. The first-order chi connectivity index (χ1) is 14.7. The van der Waals surface area contributed by atoms with Gasteiger partial charge in [-0.25, -0.2) is 8.78 Å². The Morgan fingerprint density at radius 1 is 0.700 bits per heavy atom. The van der Waals surface area contributed by atoms with E-state index in [9.17, 15) is 8.78 Å². The van der Waals surface area contributed by atoms with Crippen LogP contribution in [0.25, 0.3) is 6.08 Å². The molecular weight excluding hydrogens is 374 g/mol. The molecule has 0 aliphatic heterocycles. The predicted molar refractivity (Wildman–Crippen MR) is 120 cm³/mol. The van der Waals surface area contributed by atoms with E-state index in [2.05, 4.69) is 36.4 Å². The van der Waals surface area contributed by atoms with Crippen molar-refractivity contribution in [1.29, 1.82) is 0 Å². The second-order valence-electron chi connectivity index (χ2n) is 8.41. The molecule has 3 aromatic carbocycles. The van der Waals surface area contributed by atoms with Crippen LogP contribution < -0.4 is 0 Å². The molecule has 0 atom stereocenters. The van der Waals surface area contributed by atoms with E-state index in [0.29, 0.717) is 11.8 Å². The molecule has 0 radical (unpaired) electrons. The first kappa shape index (κ1) is 20.5. The number of hydrogen-bond donors (Lipinski definition) is 0. The maximum Gasteiger partial charge on any atom is 0.123 e. The molecule has 1 fully saturated rings. The Morgan fingerprint density at radius 3 is 1.77 bits per heavy atom. The van der Waals surface area contributed by atoms with Gasteiger partial charge in [-0.05, 0) is 84.9 Å². The third-order valence-corrected chi connectivity index (χ3v) is 6.40. The number of halogens is 2. The molecule has 0 N–H and O–H groups in total. The molecule has 0 unspecified atom stereocenters. The predicted octanol–water partition coefficient (Wildman–Crippen LogP) is 8.01. The fraction of sp³-hybridized carbons (Fsp3) is 0.286. The molecular formula is C28H28F2. The summed E-state index contributed by atoms with van der Waals surface area (Å²) in [6.45, 7) is 0. The molecule has 0 aromatic heterocycles. The van der Waals surface area contributed by atoms with E-state index in [1.54, 1.807) is 0 Å². The van der Waals surface area contributed by atoms with E-state index in [1.165, 1.54) is 42.7 Å². The van der Waals surface area contributed by atoms with E-state index in [0.717, 1.165) is 30.4 Å². The van der Waals surface area contributed by atoms with Crippen molar-refractivity contribution in [3.05, 3.63) is 113 Å². The van der Waals surface area contributed by atoms with Crippen molar-refractivity contribution < 1.29 is 8.78 Å². The molecule has 2 heteroatoms. The first-order valence-corrected chi connectivity index (χ1v) is 10.9. The minimum absolute atomic E-state index is 0.187. The maximum absolute atomic E-state index is 13.5. The standard InChI is InChI=1S/C28H28F2/c29-26-17-13-24(14-18-26)28(25-15-19-27(30)20-16-25)23-11-9-22(10-12-23)8-4-7-21-5-2-1-3-6-21/h1-7,13-20,22-23,28H,8-12H2. The van der Waals surface area contributed by atoms with Crippen molar-refractivity contribution in [2.75, 3.05) is 0 Å². The molecule has 0 bridgehead atoms. The zero-order chi connectivity index (χ0) is 20.8.